The van der Waals surface area contributed by atoms with E-state index in [2.05, 4.69) is 6.07 Å². The Balaban J connectivity index is 2.21. The molecular formula is C24H28FN3O2S. The molecule has 0 amide bonds. The molecule has 3 rings (SSSR count). The minimum Gasteiger partial charge on any atom is -0.462 e. The fourth-order valence-electron chi connectivity index (χ4n) is 3.66. The van der Waals surface area contributed by atoms with Crippen molar-refractivity contribution in [2.75, 3.05) is 27.2 Å². The first kappa shape index (κ1) is 23.1. The van der Waals surface area contributed by atoms with E-state index in [0.717, 1.165) is 32.6 Å². The van der Waals surface area contributed by atoms with E-state index in [-0.39, 0.29) is 24.9 Å². The number of ether oxygens (including phenoxy) is 1. The average Bonchev–Trinajstić information content (AvgIpc) is 2.99. The van der Waals surface area contributed by atoms with Gasteiger partial charge in [0.2, 0.25) is 0 Å². The fraction of sp³-hybridized carbons (Fsp3) is 0.292. The van der Waals surface area contributed by atoms with Gasteiger partial charge in [-0.2, -0.15) is 0 Å². The minimum absolute atomic E-state index is 0.108. The van der Waals surface area contributed by atoms with Gasteiger partial charge in [0.05, 0.1) is 18.7 Å². The smallest absolute Gasteiger partial charge is 0.338 e. The predicted molar refractivity (Wildman–Crippen MR) is 126 cm³/mol. The van der Waals surface area contributed by atoms with E-state index in [9.17, 15) is 9.18 Å². The van der Waals surface area contributed by atoms with Crippen LogP contribution in [-0.2, 0) is 11.3 Å². The minimum atomic E-state index is -0.355. The first-order chi connectivity index (χ1) is 14.8. The van der Waals surface area contributed by atoms with Crippen molar-refractivity contribution in [3.63, 3.8) is 0 Å². The highest BCUT2D eigenvalue weighted by Crippen LogP contribution is 2.38. The fourth-order valence-corrected chi connectivity index (χ4v) is 4.38. The van der Waals surface area contributed by atoms with Gasteiger partial charge in [-0.3, -0.25) is 4.31 Å². The number of rotatable bonds is 8. The molecule has 7 heteroatoms. The molecule has 0 radical (unpaired) electrons. The third kappa shape index (κ3) is 5.18. The lowest BCUT2D eigenvalue weighted by molar-refractivity contribution is 0.0526. The first-order valence-corrected chi connectivity index (χ1v) is 10.9. The van der Waals surface area contributed by atoms with E-state index in [1.165, 1.54) is 6.08 Å². The summed E-state index contributed by atoms with van der Waals surface area (Å²) in [6, 6.07) is 13.6. The van der Waals surface area contributed by atoms with Crippen LogP contribution in [-0.4, -0.2) is 42.1 Å². The highest BCUT2D eigenvalue weighted by Gasteiger charge is 2.19. The molecule has 0 aliphatic heterocycles. The summed E-state index contributed by atoms with van der Waals surface area (Å²) in [5, 5.41) is 1.01. The van der Waals surface area contributed by atoms with E-state index in [1.807, 2.05) is 60.2 Å². The monoisotopic (exact) mass is 441 g/mol. The van der Waals surface area contributed by atoms with E-state index >= 15 is 0 Å². The number of hydrogen-bond donors (Lipinski definition) is 1. The first-order valence-electron chi connectivity index (χ1n) is 10.2. The zero-order chi connectivity index (χ0) is 22.5. The topological polar surface area (TPSA) is 60.5 Å². The number of carbonyl (C=O) groups excluding carboxylic acids is 1. The van der Waals surface area contributed by atoms with Crippen molar-refractivity contribution in [3.05, 3.63) is 65.6 Å². The molecule has 31 heavy (non-hydrogen) atoms. The highest BCUT2D eigenvalue weighted by atomic mass is 32.2. The number of nitrogens with zero attached hydrogens (tertiary/aromatic N) is 2. The Morgan fingerprint density at radius 2 is 2.03 bits per heavy atom. The highest BCUT2D eigenvalue weighted by molar-refractivity contribution is 7.97. The molecule has 164 valence electrons. The van der Waals surface area contributed by atoms with Crippen molar-refractivity contribution in [3.8, 4) is 11.1 Å². The van der Waals surface area contributed by atoms with Crippen LogP contribution in [0.1, 0.15) is 23.0 Å². The van der Waals surface area contributed by atoms with E-state index in [0.29, 0.717) is 12.2 Å². The average molecular weight is 442 g/mol. The summed E-state index contributed by atoms with van der Waals surface area (Å²) >= 11 is 1.62. The summed E-state index contributed by atoms with van der Waals surface area (Å²) in [5.74, 6) is -0.632. The Hall–Kier alpha value is -2.61. The predicted octanol–water partition coefficient (Wildman–Crippen LogP) is 5.17. The second-order valence-corrected chi connectivity index (χ2v) is 8.70. The van der Waals surface area contributed by atoms with E-state index in [4.69, 9.17) is 10.5 Å². The molecule has 1 aromatic heterocycles. The molecule has 0 atom stereocenters. The number of esters is 1. The SMILES string of the molecule is CCOC(=O)c1cccc(-c2c(C)n(C/C(F)=C/CN)c3ccc(SN(C)C)cc23)c1. The zero-order valence-electron chi connectivity index (χ0n) is 18.3. The van der Waals surface area contributed by atoms with Crippen LogP contribution in [0.3, 0.4) is 0 Å². The van der Waals surface area contributed by atoms with E-state index < -0.39 is 0 Å². The maximum atomic E-state index is 14.4. The second-order valence-electron chi connectivity index (χ2n) is 7.32. The molecule has 0 unspecified atom stereocenters. The summed E-state index contributed by atoms with van der Waals surface area (Å²) < 4.78 is 23.5. The maximum Gasteiger partial charge on any atom is 0.338 e. The Labute approximate surface area is 186 Å². The molecular weight excluding hydrogens is 413 g/mol. The van der Waals surface area contributed by atoms with Crippen molar-refractivity contribution in [2.24, 2.45) is 5.73 Å². The maximum absolute atomic E-state index is 14.4. The van der Waals surface area contributed by atoms with Crippen molar-refractivity contribution in [1.82, 2.24) is 8.87 Å². The summed E-state index contributed by atoms with van der Waals surface area (Å²) in [6.45, 7) is 4.34. The van der Waals surface area contributed by atoms with Crippen LogP contribution in [0.25, 0.3) is 22.0 Å². The van der Waals surface area contributed by atoms with Crippen molar-refractivity contribution >= 4 is 28.8 Å². The lowest BCUT2D eigenvalue weighted by Crippen LogP contribution is -2.05. The molecule has 0 saturated heterocycles. The van der Waals surface area contributed by atoms with Crippen LogP contribution in [0.5, 0.6) is 0 Å². The molecule has 5 nitrogen and oxygen atoms in total. The Morgan fingerprint density at radius 1 is 1.26 bits per heavy atom. The molecule has 0 fully saturated rings. The molecule has 0 bridgehead atoms. The lowest BCUT2D eigenvalue weighted by Gasteiger charge is -2.09. The van der Waals surface area contributed by atoms with Gasteiger partial charge in [0.25, 0.3) is 0 Å². The Kier molecular flexibility index (Phi) is 7.54. The van der Waals surface area contributed by atoms with Crippen LogP contribution < -0.4 is 5.73 Å². The summed E-state index contributed by atoms with van der Waals surface area (Å²) in [7, 11) is 3.98. The van der Waals surface area contributed by atoms with Gasteiger partial charge in [0.1, 0.15) is 5.83 Å². The van der Waals surface area contributed by atoms with Crippen LogP contribution in [0.2, 0.25) is 0 Å². The summed E-state index contributed by atoms with van der Waals surface area (Å²) in [4.78, 5) is 13.3. The molecule has 1 heterocycles. The molecule has 3 aromatic rings. The van der Waals surface area contributed by atoms with Gasteiger partial charge in [-0.05, 0) is 81.9 Å². The van der Waals surface area contributed by atoms with Gasteiger partial charge in [0.15, 0.2) is 0 Å². The Morgan fingerprint density at radius 3 is 2.71 bits per heavy atom. The molecule has 0 saturated carbocycles. The molecule has 0 aliphatic carbocycles. The van der Waals surface area contributed by atoms with Crippen molar-refractivity contribution in [1.29, 1.82) is 0 Å². The molecule has 0 aliphatic rings. The number of nitrogens with two attached hydrogens (primary N) is 1. The largest absolute Gasteiger partial charge is 0.462 e. The van der Waals surface area contributed by atoms with E-state index in [1.54, 1.807) is 24.9 Å². The van der Waals surface area contributed by atoms with Crippen LogP contribution in [0.15, 0.2) is 59.3 Å². The van der Waals surface area contributed by atoms with Crippen molar-refractivity contribution < 1.29 is 13.9 Å². The quantitative estimate of drug-likeness (QED) is 0.386. The summed E-state index contributed by atoms with van der Waals surface area (Å²) in [5.41, 5.74) is 9.70. The third-order valence-electron chi connectivity index (χ3n) is 4.89. The molecule has 2 aromatic carbocycles. The molecule has 0 spiro atoms. The number of halogens is 1. The lowest BCUT2D eigenvalue weighted by atomic mass is 10.00. The second kappa shape index (κ2) is 10.1. The van der Waals surface area contributed by atoms with Crippen LogP contribution >= 0.6 is 11.9 Å². The number of fused-ring (bicyclic) bond motifs is 1. The Bertz CT molecular complexity index is 1120. The zero-order valence-corrected chi connectivity index (χ0v) is 19.1. The number of benzene rings is 2. The summed E-state index contributed by atoms with van der Waals surface area (Å²) in [6.07, 6.45) is 1.39. The van der Waals surface area contributed by atoms with Gasteiger partial charge in [-0.25, -0.2) is 9.18 Å². The third-order valence-corrected chi connectivity index (χ3v) is 5.72. The van der Waals surface area contributed by atoms with Crippen molar-refractivity contribution in [2.45, 2.75) is 25.3 Å². The van der Waals surface area contributed by atoms with Crippen LogP contribution in [0, 0.1) is 6.92 Å². The van der Waals surface area contributed by atoms with Gasteiger partial charge in [0, 0.05) is 33.6 Å². The standard InChI is InChI=1S/C24H28FN3O2S/c1-5-30-24(29)18-8-6-7-17(13-18)23-16(2)28(15-19(25)11-12-26)22-10-9-20(14-21(22)23)31-27(3)4/h6-11,13-14H,5,12,15,26H2,1-4H3/b19-11-. The van der Waals surface area contributed by atoms with Gasteiger partial charge in [-0.15, -0.1) is 0 Å². The normalized spacial score (nSPS) is 12.0. The number of hydrogen-bond acceptors (Lipinski definition) is 5. The van der Waals surface area contributed by atoms with Gasteiger partial charge in [-0.1, -0.05) is 12.1 Å². The van der Waals surface area contributed by atoms with Gasteiger partial charge < -0.3 is 15.0 Å². The van der Waals surface area contributed by atoms with Crippen LogP contribution in [0.4, 0.5) is 4.39 Å². The molecule has 2 N–H and O–H groups in total. The number of allylic oxidation sites excluding steroid dienone is 1. The van der Waals surface area contributed by atoms with Gasteiger partial charge >= 0.3 is 5.97 Å². The number of carbonyl (C=O) groups is 1. The number of aromatic nitrogens is 1.